The molecule has 1 saturated carbocycles. The fourth-order valence-corrected chi connectivity index (χ4v) is 2.45. The lowest BCUT2D eigenvalue weighted by Crippen LogP contribution is -2.32. The number of aryl methyl sites for hydroxylation is 1. The molecule has 3 nitrogen and oxygen atoms in total. The van der Waals surface area contributed by atoms with Crippen LogP contribution in [0.2, 0.25) is 0 Å². The summed E-state index contributed by atoms with van der Waals surface area (Å²) in [6, 6.07) is 5.54. The van der Waals surface area contributed by atoms with Crippen LogP contribution < -0.4 is 4.90 Å². The van der Waals surface area contributed by atoms with Crippen molar-refractivity contribution in [1.82, 2.24) is 0 Å². The lowest BCUT2D eigenvalue weighted by molar-refractivity contribution is -0.123. The van der Waals surface area contributed by atoms with Crippen molar-refractivity contribution in [2.45, 2.75) is 13.3 Å². The number of amides is 2. The quantitative estimate of drug-likeness (QED) is 0.740. The van der Waals surface area contributed by atoms with Gasteiger partial charge in [-0.05, 0) is 37.1 Å². The van der Waals surface area contributed by atoms with Gasteiger partial charge >= 0.3 is 0 Å². The number of fused-ring (bicyclic) bond motifs is 1. The Morgan fingerprint density at radius 3 is 2.44 bits per heavy atom. The largest absolute Gasteiger partial charge is 0.274 e. The highest BCUT2D eigenvalue weighted by molar-refractivity contribution is 9.10. The normalized spacial score (nSPS) is 27.2. The molecule has 1 aromatic carbocycles. The van der Waals surface area contributed by atoms with E-state index in [0.717, 1.165) is 16.5 Å². The molecular weight excluding hydrogens is 270 g/mol. The molecule has 2 fully saturated rings. The molecule has 3 rings (SSSR count). The molecule has 0 N–H and O–H groups in total. The van der Waals surface area contributed by atoms with Crippen LogP contribution in [-0.4, -0.2) is 11.8 Å². The third-order valence-electron chi connectivity index (χ3n) is 3.27. The first kappa shape index (κ1) is 10.0. The van der Waals surface area contributed by atoms with Crippen LogP contribution in [0.15, 0.2) is 22.7 Å². The Labute approximate surface area is 102 Å². The summed E-state index contributed by atoms with van der Waals surface area (Å²) in [5.41, 5.74) is 1.72. The number of carbonyl (C=O) groups excluding carboxylic acids is 2. The summed E-state index contributed by atoms with van der Waals surface area (Å²) in [4.78, 5) is 25.0. The van der Waals surface area contributed by atoms with E-state index in [-0.39, 0.29) is 23.7 Å². The minimum Gasteiger partial charge on any atom is -0.274 e. The van der Waals surface area contributed by atoms with Gasteiger partial charge in [-0.2, -0.15) is 0 Å². The zero-order valence-corrected chi connectivity index (χ0v) is 10.3. The molecular formula is C12H10BrNO2. The molecule has 0 radical (unpaired) electrons. The molecule has 2 atom stereocenters. The smallest absolute Gasteiger partial charge is 0.237 e. The number of piperidine rings is 1. The van der Waals surface area contributed by atoms with E-state index >= 15 is 0 Å². The molecule has 0 bridgehead atoms. The van der Waals surface area contributed by atoms with Crippen molar-refractivity contribution in [1.29, 1.82) is 0 Å². The van der Waals surface area contributed by atoms with E-state index in [0.29, 0.717) is 5.69 Å². The predicted octanol–water partition coefficient (Wildman–Crippen LogP) is 2.27. The van der Waals surface area contributed by atoms with Gasteiger partial charge in [-0.1, -0.05) is 15.9 Å². The molecule has 4 heteroatoms. The number of benzene rings is 1. The zero-order chi connectivity index (χ0) is 11.4. The maximum absolute atomic E-state index is 11.8. The van der Waals surface area contributed by atoms with Gasteiger partial charge in [0.25, 0.3) is 0 Å². The van der Waals surface area contributed by atoms with Gasteiger partial charge in [0.15, 0.2) is 0 Å². The summed E-state index contributed by atoms with van der Waals surface area (Å²) in [5.74, 6) is -0.124. The monoisotopic (exact) mass is 279 g/mol. The van der Waals surface area contributed by atoms with Crippen molar-refractivity contribution in [3.63, 3.8) is 0 Å². The van der Waals surface area contributed by atoms with Gasteiger partial charge in [0.2, 0.25) is 11.8 Å². The number of rotatable bonds is 1. The van der Waals surface area contributed by atoms with Crippen molar-refractivity contribution in [3.8, 4) is 0 Å². The van der Waals surface area contributed by atoms with Crippen LogP contribution in [0, 0.1) is 18.8 Å². The summed E-state index contributed by atoms with van der Waals surface area (Å²) in [6.07, 6.45) is 0.754. The summed E-state index contributed by atoms with van der Waals surface area (Å²) >= 11 is 3.40. The van der Waals surface area contributed by atoms with Crippen LogP contribution in [-0.2, 0) is 9.59 Å². The molecule has 1 saturated heterocycles. The molecule has 82 valence electrons. The Bertz CT molecular complexity index is 492. The van der Waals surface area contributed by atoms with E-state index in [1.54, 1.807) is 6.07 Å². The first-order valence-electron chi connectivity index (χ1n) is 5.23. The van der Waals surface area contributed by atoms with Crippen molar-refractivity contribution >= 4 is 33.4 Å². The van der Waals surface area contributed by atoms with Gasteiger partial charge in [-0.15, -0.1) is 0 Å². The zero-order valence-electron chi connectivity index (χ0n) is 8.74. The number of carbonyl (C=O) groups is 2. The first-order valence-corrected chi connectivity index (χ1v) is 6.03. The molecule has 1 aliphatic carbocycles. The second-order valence-electron chi connectivity index (χ2n) is 4.39. The van der Waals surface area contributed by atoms with Gasteiger partial charge in [-0.25, -0.2) is 0 Å². The second kappa shape index (κ2) is 3.17. The highest BCUT2D eigenvalue weighted by atomic mass is 79.9. The molecule has 1 aliphatic heterocycles. The molecule has 16 heavy (non-hydrogen) atoms. The van der Waals surface area contributed by atoms with E-state index in [1.807, 2.05) is 19.1 Å². The van der Waals surface area contributed by atoms with Crippen LogP contribution in [0.4, 0.5) is 5.69 Å². The third-order valence-corrected chi connectivity index (χ3v) is 4.16. The van der Waals surface area contributed by atoms with Crippen LogP contribution in [0.25, 0.3) is 0 Å². The Kier molecular flexibility index (Phi) is 1.98. The number of hydrogen-bond donors (Lipinski definition) is 0. The summed E-state index contributed by atoms with van der Waals surface area (Å²) in [6.45, 7) is 1.94. The average Bonchev–Trinajstić information content (AvgIpc) is 2.98. The van der Waals surface area contributed by atoms with Crippen LogP contribution in [0.5, 0.6) is 0 Å². The highest BCUT2D eigenvalue weighted by Crippen LogP contribution is 2.48. The molecule has 0 spiro atoms. The van der Waals surface area contributed by atoms with Crippen LogP contribution in [0.3, 0.4) is 0 Å². The van der Waals surface area contributed by atoms with E-state index < -0.39 is 0 Å². The van der Waals surface area contributed by atoms with E-state index in [4.69, 9.17) is 0 Å². The summed E-state index contributed by atoms with van der Waals surface area (Å²) < 4.78 is 0.987. The average molecular weight is 280 g/mol. The van der Waals surface area contributed by atoms with Gasteiger partial charge in [0.05, 0.1) is 17.5 Å². The third kappa shape index (κ3) is 1.26. The van der Waals surface area contributed by atoms with Crippen LogP contribution >= 0.6 is 15.9 Å². The Hall–Kier alpha value is -1.16. The Morgan fingerprint density at radius 1 is 1.25 bits per heavy atom. The number of halogens is 1. The van der Waals surface area contributed by atoms with Crippen molar-refractivity contribution in [3.05, 3.63) is 28.2 Å². The minimum absolute atomic E-state index is 0.0308. The maximum Gasteiger partial charge on any atom is 0.237 e. The SMILES string of the molecule is Cc1cc(N2C(=O)C3CC3C2=O)ccc1Br. The first-order chi connectivity index (χ1) is 7.59. The van der Waals surface area contributed by atoms with Gasteiger partial charge in [0, 0.05) is 4.47 Å². The fraction of sp³-hybridized carbons (Fsp3) is 0.333. The second-order valence-corrected chi connectivity index (χ2v) is 5.25. The molecule has 2 amide bonds. The Balaban J connectivity index is 2.01. The lowest BCUT2D eigenvalue weighted by atomic mass is 10.2. The van der Waals surface area contributed by atoms with Crippen molar-refractivity contribution < 1.29 is 9.59 Å². The van der Waals surface area contributed by atoms with E-state index in [2.05, 4.69) is 15.9 Å². The van der Waals surface area contributed by atoms with Crippen molar-refractivity contribution in [2.24, 2.45) is 11.8 Å². The highest BCUT2D eigenvalue weighted by Gasteiger charge is 2.59. The van der Waals surface area contributed by atoms with Crippen LogP contribution in [0.1, 0.15) is 12.0 Å². The van der Waals surface area contributed by atoms with Gasteiger partial charge < -0.3 is 0 Å². The summed E-state index contributed by atoms with van der Waals surface area (Å²) in [5, 5.41) is 0. The number of imide groups is 1. The molecule has 2 unspecified atom stereocenters. The fourth-order valence-electron chi connectivity index (χ4n) is 2.20. The Morgan fingerprint density at radius 2 is 1.88 bits per heavy atom. The maximum atomic E-state index is 11.8. The number of nitrogens with zero attached hydrogens (tertiary/aromatic N) is 1. The standard InChI is InChI=1S/C12H10BrNO2/c1-6-4-7(2-3-10(6)13)14-11(15)8-5-9(8)12(14)16/h2-4,8-9H,5H2,1H3. The van der Waals surface area contributed by atoms with Crippen molar-refractivity contribution in [2.75, 3.05) is 4.90 Å². The topological polar surface area (TPSA) is 37.4 Å². The molecule has 1 aromatic rings. The number of anilines is 1. The van der Waals surface area contributed by atoms with Gasteiger partial charge in [0.1, 0.15) is 0 Å². The van der Waals surface area contributed by atoms with Gasteiger partial charge in [-0.3, -0.25) is 14.5 Å². The lowest BCUT2D eigenvalue weighted by Gasteiger charge is -2.17. The summed E-state index contributed by atoms with van der Waals surface area (Å²) in [7, 11) is 0. The minimum atomic E-state index is -0.0311. The molecule has 2 aliphatic rings. The van der Waals surface area contributed by atoms with E-state index in [9.17, 15) is 9.59 Å². The molecule has 1 heterocycles. The predicted molar refractivity (Wildman–Crippen MR) is 63.0 cm³/mol. The van der Waals surface area contributed by atoms with E-state index in [1.165, 1.54) is 4.90 Å². The number of hydrogen-bond acceptors (Lipinski definition) is 2. The molecule has 0 aromatic heterocycles.